The van der Waals surface area contributed by atoms with E-state index in [4.69, 9.17) is 14.2 Å². The average molecular weight is 395 g/mol. The van der Waals surface area contributed by atoms with E-state index in [0.29, 0.717) is 36.4 Å². The van der Waals surface area contributed by atoms with Crippen molar-refractivity contribution in [2.75, 3.05) is 27.4 Å². The van der Waals surface area contributed by atoms with E-state index in [1.165, 1.54) is 0 Å². The van der Waals surface area contributed by atoms with Crippen molar-refractivity contribution in [1.82, 2.24) is 15.1 Å². The van der Waals surface area contributed by atoms with Crippen LogP contribution in [0.25, 0.3) is 10.9 Å². The summed E-state index contributed by atoms with van der Waals surface area (Å²) in [6, 6.07) is 11.1. The summed E-state index contributed by atoms with van der Waals surface area (Å²) in [6.45, 7) is 0.643. The minimum absolute atomic E-state index is 0.175. The number of hydrogen-bond acceptors (Lipinski definition) is 6. The molecule has 8 heteroatoms. The van der Waals surface area contributed by atoms with Crippen molar-refractivity contribution < 1.29 is 23.8 Å². The first-order valence-electron chi connectivity index (χ1n) is 9.22. The maximum Gasteiger partial charge on any atom is 0.359 e. The lowest BCUT2D eigenvalue weighted by Gasteiger charge is -2.29. The largest absolute Gasteiger partial charge is 0.493 e. The molecular weight excluding hydrogens is 374 g/mol. The van der Waals surface area contributed by atoms with Crippen LogP contribution in [-0.4, -0.2) is 54.3 Å². The molecule has 1 aliphatic rings. The molecule has 1 aliphatic heterocycles. The molecule has 150 valence electrons. The summed E-state index contributed by atoms with van der Waals surface area (Å²) < 4.78 is 15.9. The van der Waals surface area contributed by atoms with Crippen molar-refractivity contribution in [2.45, 2.75) is 13.0 Å². The molecule has 8 nitrogen and oxygen atoms in total. The van der Waals surface area contributed by atoms with Gasteiger partial charge in [0.1, 0.15) is 0 Å². The molecule has 1 amide bonds. The van der Waals surface area contributed by atoms with Crippen LogP contribution in [0.15, 0.2) is 36.4 Å². The third kappa shape index (κ3) is 3.61. The van der Waals surface area contributed by atoms with E-state index in [9.17, 15) is 9.59 Å². The second kappa shape index (κ2) is 7.83. The first kappa shape index (κ1) is 18.8. The number of benzene rings is 2. The lowest BCUT2D eigenvalue weighted by Crippen LogP contribution is -2.38. The number of fused-ring (bicyclic) bond motifs is 2. The number of esters is 1. The van der Waals surface area contributed by atoms with Gasteiger partial charge >= 0.3 is 5.97 Å². The van der Waals surface area contributed by atoms with Gasteiger partial charge in [0.25, 0.3) is 5.91 Å². The number of methoxy groups -OCH3 is 2. The number of carbonyl (C=O) groups excluding carboxylic acids is 2. The van der Waals surface area contributed by atoms with Gasteiger partial charge in [-0.2, -0.15) is 5.10 Å². The molecule has 0 bridgehead atoms. The Bertz CT molecular complexity index is 1080. The highest BCUT2D eigenvalue weighted by atomic mass is 16.5. The molecule has 4 rings (SSSR count). The van der Waals surface area contributed by atoms with E-state index in [2.05, 4.69) is 10.2 Å². The summed E-state index contributed by atoms with van der Waals surface area (Å²) in [5.41, 5.74) is 3.02. The zero-order chi connectivity index (χ0) is 20.4. The first-order valence-corrected chi connectivity index (χ1v) is 9.22. The number of aromatic nitrogens is 2. The molecule has 29 heavy (non-hydrogen) atoms. The quantitative estimate of drug-likeness (QED) is 0.667. The number of carbonyl (C=O) groups is 2. The van der Waals surface area contributed by atoms with E-state index >= 15 is 0 Å². The first-order chi connectivity index (χ1) is 14.1. The van der Waals surface area contributed by atoms with Crippen LogP contribution in [0, 0.1) is 0 Å². The maximum atomic E-state index is 12.6. The highest BCUT2D eigenvalue weighted by Crippen LogP contribution is 2.33. The van der Waals surface area contributed by atoms with Crippen molar-refractivity contribution in [3.05, 3.63) is 53.2 Å². The van der Waals surface area contributed by atoms with Crippen molar-refractivity contribution in [1.29, 1.82) is 0 Å². The second-order valence-electron chi connectivity index (χ2n) is 6.74. The van der Waals surface area contributed by atoms with Crippen LogP contribution in [0.3, 0.4) is 0 Å². The molecule has 0 saturated carbocycles. The number of amides is 1. The number of nitrogens with zero attached hydrogens (tertiary/aromatic N) is 2. The van der Waals surface area contributed by atoms with E-state index in [0.717, 1.165) is 16.6 Å². The summed E-state index contributed by atoms with van der Waals surface area (Å²) in [7, 11) is 3.17. The Kier molecular flexibility index (Phi) is 5.07. The third-order valence-electron chi connectivity index (χ3n) is 5.06. The molecule has 2 heterocycles. The van der Waals surface area contributed by atoms with Crippen LogP contribution in [0.4, 0.5) is 0 Å². The van der Waals surface area contributed by atoms with Crippen molar-refractivity contribution >= 4 is 22.8 Å². The number of hydrogen-bond donors (Lipinski definition) is 1. The Balaban J connectivity index is 1.41. The number of rotatable bonds is 5. The Morgan fingerprint density at radius 2 is 1.83 bits per heavy atom. The van der Waals surface area contributed by atoms with Gasteiger partial charge in [-0.15, -0.1) is 0 Å². The Morgan fingerprint density at radius 1 is 1.10 bits per heavy atom. The van der Waals surface area contributed by atoms with Gasteiger partial charge in [-0.25, -0.2) is 4.79 Å². The summed E-state index contributed by atoms with van der Waals surface area (Å²) in [4.78, 5) is 26.6. The number of aromatic amines is 1. The lowest BCUT2D eigenvalue weighted by atomic mass is 9.99. The van der Waals surface area contributed by atoms with Gasteiger partial charge in [0.05, 0.1) is 19.7 Å². The highest BCUT2D eigenvalue weighted by molar-refractivity contribution is 6.02. The van der Waals surface area contributed by atoms with E-state index in [1.54, 1.807) is 25.2 Å². The summed E-state index contributed by atoms with van der Waals surface area (Å²) in [5.74, 6) is 0.418. The van der Waals surface area contributed by atoms with Crippen molar-refractivity contribution in [3.8, 4) is 11.5 Å². The molecule has 0 spiro atoms. The van der Waals surface area contributed by atoms with E-state index in [1.807, 2.05) is 30.3 Å². The van der Waals surface area contributed by atoms with E-state index in [-0.39, 0.29) is 18.2 Å². The zero-order valence-electron chi connectivity index (χ0n) is 16.2. The van der Waals surface area contributed by atoms with Crippen LogP contribution < -0.4 is 9.47 Å². The molecule has 1 aromatic heterocycles. The van der Waals surface area contributed by atoms with Gasteiger partial charge in [0.2, 0.25) is 0 Å². The second-order valence-corrected chi connectivity index (χ2v) is 6.74. The average Bonchev–Trinajstić information content (AvgIpc) is 3.20. The molecule has 0 atom stereocenters. The molecule has 1 N–H and O–H groups in total. The van der Waals surface area contributed by atoms with Crippen LogP contribution in [-0.2, 0) is 22.5 Å². The molecule has 0 saturated heterocycles. The Hall–Kier alpha value is -3.55. The molecule has 0 fully saturated rings. The Labute approximate surface area is 167 Å². The standard InChI is InChI=1S/C21H21N3O5/c1-27-17-9-13-7-8-24(11-14(13)10-18(17)28-2)19(25)12-29-21(26)20-15-5-3-4-6-16(15)22-23-20/h3-6,9-10H,7-8,11-12H2,1-2H3,(H,22,23). The third-order valence-corrected chi connectivity index (χ3v) is 5.06. The number of para-hydroxylation sites is 1. The van der Waals surface area contributed by atoms with Crippen LogP contribution >= 0.6 is 0 Å². The summed E-state index contributed by atoms with van der Waals surface area (Å²) in [5, 5.41) is 7.45. The molecule has 0 radical (unpaired) electrons. The van der Waals surface area contributed by atoms with Crippen molar-refractivity contribution in [3.63, 3.8) is 0 Å². The van der Waals surface area contributed by atoms with Gasteiger partial charge in [-0.1, -0.05) is 18.2 Å². The Morgan fingerprint density at radius 3 is 2.59 bits per heavy atom. The highest BCUT2D eigenvalue weighted by Gasteiger charge is 2.24. The molecule has 2 aromatic carbocycles. The number of nitrogens with one attached hydrogen (secondary N) is 1. The van der Waals surface area contributed by atoms with Gasteiger partial charge in [0.15, 0.2) is 23.8 Å². The van der Waals surface area contributed by atoms with Gasteiger partial charge in [-0.3, -0.25) is 9.89 Å². The normalized spacial score (nSPS) is 13.1. The molecule has 0 unspecified atom stereocenters. The fraction of sp³-hybridized carbons (Fsp3) is 0.286. The molecular formula is C21H21N3O5. The lowest BCUT2D eigenvalue weighted by molar-refractivity contribution is -0.135. The predicted octanol–water partition coefficient (Wildman–Crippen LogP) is 2.32. The predicted molar refractivity (Wildman–Crippen MR) is 105 cm³/mol. The van der Waals surface area contributed by atoms with Crippen molar-refractivity contribution in [2.24, 2.45) is 0 Å². The van der Waals surface area contributed by atoms with Crippen LogP contribution in [0.1, 0.15) is 21.6 Å². The fourth-order valence-electron chi connectivity index (χ4n) is 3.50. The summed E-state index contributed by atoms with van der Waals surface area (Å²) >= 11 is 0. The van der Waals surface area contributed by atoms with Crippen LogP contribution in [0.5, 0.6) is 11.5 Å². The van der Waals surface area contributed by atoms with Gasteiger partial charge in [-0.05, 0) is 35.7 Å². The number of ether oxygens (including phenoxy) is 3. The maximum absolute atomic E-state index is 12.6. The van der Waals surface area contributed by atoms with Gasteiger partial charge < -0.3 is 19.1 Å². The smallest absolute Gasteiger partial charge is 0.359 e. The SMILES string of the molecule is COc1cc2c(cc1OC)CN(C(=O)COC(=O)c1n[nH]c3ccccc13)CC2. The van der Waals surface area contributed by atoms with E-state index < -0.39 is 5.97 Å². The summed E-state index contributed by atoms with van der Waals surface area (Å²) in [6.07, 6.45) is 0.694. The minimum atomic E-state index is -0.625. The molecule has 3 aromatic rings. The fourth-order valence-corrected chi connectivity index (χ4v) is 3.50. The number of H-pyrrole nitrogens is 1. The monoisotopic (exact) mass is 395 g/mol. The zero-order valence-corrected chi connectivity index (χ0v) is 16.2. The van der Waals surface area contributed by atoms with Crippen LogP contribution in [0.2, 0.25) is 0 Å². The topological polar surface area (TPSA) is 93.8 Å². The van der Waals surface area contributed by atoms with Gasteiger partial charge in [0, 0.05) is 18.5 Å². The molecule has 0 aliphatic carbocycles. The minimum Gasteiger partial charge on any atom is -0.493 e.